The lowest BCUT2D eigenvalue weighted by Gasteiger charge is -2.33. The van der Waals surface area contributed by atoms with Crippen LogP contribution in [0, 0.1) is 16.0 Å². The van der Waals surface area contributed by atoms with E-state index < -0.39 is 4.92 Å². The van der Waals surface area contributed by atoms with E-state index in [0.717, 1.165) is 32.5 Å². The molecule has 0 unspecified atom stereocenters. The Morgan fingerprint density at radius 3 is 2.65 bits per heavy atom. The number of nitrogens with two attached hydrogens (primary N) is 1. The van der Waals surface area contributed by atoms with Gasteiger partial charge in [0.25, 0.3) is 5.69 Å². The van der Waals surface area contributed by atoms with E-state index in [1.165, 1.54) is 12.1 Å². The van der Waals surface area contributed by atoms with Crippen LogP contribution in [0.3, 0.4) is 0 Å². The molecule has 1 saturated heterocycles. The fourth-order valence-corrected chi connectivity index (χ4v) is 2.65. The van der Waals surface area contributed by atoms with Gasteiger partial charge in [-0.2, -0.15) is 0 Å². The third-order valence-electron chi connectivity index (χ3n) is 3.59. The first-order valence-corrected chi connectivity index (χ1v) is 6.77. The first-order valence-electron chi connectivity index (χ1n) is 6.77. The molecule has 2 heterocycles. The number of nitro groups is 1. The molecule has 0 amide bonds. The highest BCUT2D eigenvalue weighted by Gasteiger charge is 2.22. The van der Waals surface area contributed by atoms with Gasteiger partial charge in [0.15, 0.2) is 0 Å². The Hall–Kier alpha value is -1.89. The predicted octanol–water partition coefficient (Wildman–Crippen LogP) is 1.35. The molecule has 7 nitrogen and oxygen atoms in total. The molecule has 2 N–H and O–H groups in total. The number of anilines is 2. The average molecular weight is 279 g/mol. The molecular weight excluding hydrogens is 258 g/mol. The highest BCUT2D eigenvalue weighted by Crippen LogP contribution is 2.26. The minimum Gasteiger partial charge on any atom is -0.383 e. The fraction of sp³-hybridized carbons (Fsp3) is 0.615. The lowest BCUT2D eigenvalue weighted by molar-refractivity contribution is -0.384. The SMILES string of the molecule is CN(C)CC1CCN(c2cc([N+](=O)[O-])cc(N)n2)CC1. The van der Waals surface area contributed by atoms with Crippen LogP contribution in [0.2, 0.25) is 0 Å². The highest BCUT2D eigenvalue weighted by molar-refractivity contribution is 5.54. The average Bonchev–Trinajstić information content (AvgIpc) is 2.38. The van der Waals surface area contributed by atoms with Crippen LogP contribution in [0.25, 0.3) is 0 Å². The number of piperidine rings is 1. The Bertz CT molecular complexity index is 484. The molecule has 0 atom stereocenters. The van der Waals surface area contributed by atoms with Crippen molar-refractivity contribution < 1.29 is 4.92 Å². The van der Waals surface area contributed by atoms with Gasteiger partial charge in [0.1, 0.15) is 11.6 Å². The Balaban J connectivity index is 2.05. The minimum absolute atomic E-state index is 0.00270. The van der Waals surface area contributed by atoms with E-state index in [1.807, 2.05) is 0 Å². The van der Waals surface area contributed by atoms with Crippen LogP contribution < -0.4 is 10.6 Å². The smallest absolute Gasteiger partial charge is 0.276 e. The van der Waals surface area contributed by atoms with Crippen LogP contribution in [-0.2, 0) is 0 Å². The monoisotopic (exact) mass is 279 g/mol. The van der Waals surface area contributed by atoms with Crippen molar-refractivity contribution in [2.75, 3.05) is 44.4 Å². The van der Waals surface area contributed by atoms with Crippen molar-refractivity contribution >= 4 is 17.3 Å². The summed E-state index contributed by atoms with van der Waals surface area (Å²) in [6.45, 7) is 2.82. The van der Waals surface area contributed by atoms with Gasteiger partial charge in [-0.1, -0.05) is 0 Å². The lowest BCUT2D eigenvalue weighted by Crippen LogP contribution is -2.37. The number of hydrogen-bond acceptors (Lipinski definition) is 6. The van der Waals surface area contributed by atoms with Crippen LogP contribution in [0.5, 0.6) is 0 Å². The van der Waals surface area contributed by atoms with Crippen molar-refractivity contribution in [2.45, 2.75) is 12.8 Å². The van der Waals surface area contributed by atoms with Crippen molar-refractivity contribution in [1.29, 1.82) is 0 Å². The first-order chi connectivity index (χ1) is 9.45. The second kappa shape index (κ2) is 6.04. The standard InChI is InChI=1S/C13H21N5O2/c1-16(2)9-10-3-5-17(6-4-10)13-8-11(18(19)20)7-12(14)15-13/h7-8,10H,3-6,9H2,1-2H3,(H2,14,15). The molecule has 110 valence electrons. The summed E-state index contributed by atoms with van der Waals surface area (Å²) in [7, 11) is 4.16. The van der Waals surface area contributed by atoms with E-state index in [2.05, 4.69) is 28.9 Å². The quantitative estimate of drug-likeness (QED) is 0.661. The van der Waals surface area contributed by atoms with Crippen molar-refractivity contribution in [3.05, 3.63) is 22.2 Å². The van der Waals surface area contributed by atoms with Gasteiger partial charge in [-0.3, -0.25) is 10.1 Å². The zero-order chi connectivity index (χ0) is 14.7. The predicted molar refractivity (Wildman–Crippen MR) is 78.8 cm³/mol. The number of nitrogens with zero attached hydrogens (tertiary/aromatic N) is 4. The Morgan fingerprint density at radius 2 is 2.10 bits per heavy atom. The summed E-state index contributed by atoms with van der Waals surface area (Å²) in [6.07, 6.45) is 2.14. The maximum atomic E-state index is 10.9. The van der Waals surface area contributed by atoms with Crippen LogP contribution in [0.1, 0.15) is 12.8 Å². The molecule has 0 saturated carbocycles. The lowest BCUT2D eigenvalue weighted by atomic mass is 9.96. The molecule has 20 heavy (non-hydrogen) atoms. The Kier molecular flexibility index (Phi) is 4.39. The topological polar surface area (TPSA) is 88.5 Å². The van der Waals surface area contributed by atoms with Gasteiger partial charge in [0.05, 0.1) is 17.1 Å². The fourth-order valence-electron chi connectivity index (χ4n) is 2.65. The molecule has 1 aliphatic rings. The Labute approximate surface area is 118 Å². The van der Waals surface area contributed by atoms with Crippen LogP contribution in [0.15, 0.2) is 12.1 Å². The van der Waals surface area contributed by atoms with Gasteiger partial charge in [-0.25, -0.2) is 4.98 Å². The number of hydrogen-bond donors (Lipinski definition) is 1. The number of pyridine rings is 1. The summed E-state index contributed by atoms with van der Waals surface area (Å²) >= 11 is 0. The molecule has 0 bridgehead atoms. The molecule has 0 radical (unpaired) electrons. The maximum absolute atomic E-state index is 10.9. The minimum atomic E-state index is -0.430. The molecule has 1 aliphatic heterocycles. The van der Waals surface area contributed by atoms with Gasteiger partial charge in [0, 0.05) is 19.6 Å². The summed E-state index contributed by atoms with van der Waals surface area (Å²) in [5, 5.41) is 10.9. The zero-order valence-electron chi connectivity index (χ0n) is 12.0. The zero-order valence-corrected chi connectivity index (χ0v) is 12.0. The summed E-state index contributed by atoms with van der Waals surface area (Å²) in [5.41, 5.74) is 5.65. The van der Waals surface area contributed by atoms with Crippen molar-refractivity contribution in [1.82, 2.24) is 9.88 Å². The summed E-state index contributed by atoms with van der Waals surface area (Å²) in [5.74, 6) is 1.49. The van der Waals surface area contributed by atoms with E-state index in [9.17, 15) is 10.1 Å². The molecule has 7 heteroatoms. The first kappa shape index (κ1) is 14.5. The Morgan fingerprint density at radius 1 is 1.45 bits per heavy atom. The number of rotatable bonds is 4. The van der Waals surface area contributed by atoms with Crippen molar-refractivity contribution in [2.24, 2.45) is 5.92 Å². The van der Waals surface area contributed by atoms with E-state index in [4.69, 9.17) is 5.73 Å². The molecule has 0 aromatic carbocycles. The number of nitrogen functional groups attached to an aromatic ring is 1. The van der Waals surface area contributed by atoms with Gasteiger partial charge in [-0.15, -0.1) is 0 Å². The molecule has 1 fully saturated rings. The van der Waals surface area contributed by atoms with E-state index in [1.54, 1.807) is 0 Å². The molecule has 1 aromatic rings. The van der Waals surface area contributed by atoms with Gasteiger partial charge >= 0.3 is 0 Å². The third-order valence-corrected chi connectivity index (χ3v) is 3.59. The summed E-state index contributed by atoms with van der Waals surface area (Å²) in [6, 6.07) is 2.80. The largest absolute Gasteiger partial charge is 0.383 e. The van der Waals surface area contributed by atoms with E-state index in [-0.39, 0.29) is 11.5 Å². The van der Waals surface area contributed by atoms with Crippen LogP contribution in [-0.4, -0.2) is 48.5 Å². The maximum Gasteiger partial charge on any atom is 0.276 e. The summed E-state index contributed by atoms with van der Waals surface area (Å²) < 4.78 is 0. The summed E-state index contributed by atoms with van der Waals surface area (Å²) in [4.78, 5) is 18.9. The highest BCUT2D eigenvalue weighted by atomic mass is 16.6. The van der Waals surface area contributed by atoms with Crippen molar-refractivity contribution in [3.8, 4) is 0 Å². The third kappa shape index (κ3) is 3.57. The van der Waals surface area contributed by atoms with E-state index in [0.29, 0.717) is 11.7 Å². The van der Waals surface area contributed by atoms with Crippen LogP contribution >= 0.6 is 0 Å². The molecular formula is C13H21N5O2. The van der Waals surface area contributed by atoms with Gasteiger partial charge in [-0.05, 0) is 32.9 Å². The number of aromatic nitrogens is 1. The van der Waals surface area contributed by atoms with Gasteiger partial charge in [0.2, 0.25) is 0 Å². The molecule has 0 spiro atoms. The molecule has 1 aromatic heterocycles. The van der Waals surface area contributed by atoms with E-state index >= 15 is 0 Å². The normalized spacial score (nSPS) is 16.6. The second-order valence-corrected chi connectivity index (χ2v) is 5.56. The second-order valence-electron chi connectivity index (χ2n) is 5.56. The van der Waals surface area contributed by atoms with Gasteiger partial charge < -0.3 is 15.5 Å². The van der Waals surface area contributed by atoms with Crippen LogP contribution in [0.4, 0.5) is 17.3 Å². The molecule has 0 aliphatic carbocycles. The molecule has 2 rings (SSSR count). The van der Waals surface area contributed by atoms with Crippen molar-refractivity contribution in [3.63, 3.8) is 0 Å².